The van der Waals surface area contributed by atoms with Crippen LogP contribution in [0.4, 0.5) is 13.2 Å². The summed E-state index contributed by atoms with van der Waals surface area (Å²) in [5.41, 5.74) is -0.560. The van der Waals surface area contributed by atoms with Crippen molar-refractivity contribution in [1.29, 1.82) is 0 Å². The van der Waals surface area contributed by atoms with Crippen LogP contribution in [0, 0.1) is 0 Å². The molecule has 124 valence electrons. The quantitative estimate of drug-likeness (QED) is 0.481. The fourth-order valence-electron chi connectivity index (χ4n) is 1.88. The van der Waals surface area contributed by atoms with E-state index in [0.29, 0.717) is 5.96 Å². The van der Waals surface area contributed by atoms with Gasteiger partial charge in [0, 0.05) is 20.1 Å². The molecule has 0 bridgehead atoms. The molecular weight excluding hydrogens is 295 g/mol. The highest BCUT2D eigenvalue weighted by atomic mass is 19.4. The molecule has 0 atom stereocenters. The number of alkyl halides is 3. The molecule has 1 aromatic rings. The molecule has 0 heterocycles. The van der Waals surface area contributed by atoms with Crippen LogP contribution in [0.3, 0.4) is 0 Å². The first-order chi connectivity index (χ1) is 10.4. The van der Waals surface area contributed by atoms with Crippen LogP contribution in [0.2, 0.25) is 0 Å². The highest BCUT2D eigenvalue weighted by Gasteiger charge is 2.33. The van der Waals surface area contributed by atoms with E-state index in [4.69, 9.17) is 4.74 Å². The second-order valence-electron chi connectivity index (χ2n) is 4.73. The molecule has 0 saturated carbocycles. The number of unbranched alkanes of at least 4 members (excludes halogenated alkanes) is 1. The van der Waals surface area contributed by atoms with E-state index in [-0.39, 0.29) is 17.9 Å². The van der Waals surface area contributed by atoms with Crippen molar-refractivity contribution in [3.8, 4) is 5.75 Å². The van der Waals surface area contributed by atoms with Crippen LogP contribution in [-0.4, -0.2) is 26.7 Å². The lowest BCUT2D eigenvalue weighted by atomic mass is 10.1. The molecule has 7 heteroatoms. The van der Waals surface area contributed by atoms with Gasteiger partial charge in [0.1, 0.15) is 5.75 Å². The number of hydrogen-bond acceptors (Lipinski definition) is 2. The molecule has 0 spiro atoms. The first-order valence-corrected chi connectivity index (χ1v) is 7.11. The van der Waals surface area contributed by atoms with E-state index in [0.717, 1.165) is 25.5 Å². The van der Waals surface area contributed by atoms with Crippen molar-refractivity contribution in [3.63, 3.8) is 0 Å². The number of nitrogens with one attached hydrogen (secondary N) is 2. The molecule has 0 unspecified atom stereocenters. The van der Waals surface area contributed by atoms with Crippen molar-refractivity contribution in [2.24, 2.45) is 4.99 Å². The lowest BCUT2D eigenvalue weighted by Crippen LogP contribution is -2.37. The van der Waals surface area contributed by atoms with E-state index in [2.05, 4.69) is 22.5 Å². The Hall–Kier alpha value is -1.92. The number of nitrogens with zero attached hydrogens (tertiary/aromatic N) is 1. The molecular formula is C15H22F3N3O. The Labute approximate surface area is 128 Å². The molecule has 1 aromatic carbocycles. The summed E-state index contributed by atoms with van der Waals surface area (Å²) in [5.74, 6) is 0.666. The lowest BCUT2D eigenvalue weighted by Gasteiger charge is -2.16. The Kier molecular flexibility index (Phi) is 7.01. The first-order valence-electron chi connectivity index (χ1n) is 7.11. The zero-order valence-corrected chi connectivity index (χ0v) is 13.0. The topological polar surface area (TPSA) is 45.7 Å². The van der Waals surface area contributed by atoms with Gasteiger partial charge >= 0.3 is 6.18 Å². The van der Waals surface area contributed by atoms with Gasteiger partial charge in [-0.2, -0.15) is 13.2 Å². The van der Waals surface area contributed by atoms with Crippen LogP contribution in [0.25, 0.3) is 0 Å². The zero-order valence-electron chi connectivity index (χ0n) is 13.0. The van der Waals surface area contributed by atoms with Gasteiger partial charge in [-0.15, -0.1) is 0 Å². The van der Waals surface area contributed by atoms with Gasteiger partial charge in [-0.3, -0.25) is 4.99 Å². The summed E-state index contributed by atoms with van der Waals surface area (Å²) in [5, 5.41) is 5.95. The molecule has 0 amide bonds. The molecule has 2 N–H and O–H groups in total. The number of ether oxygens (including phenoxy) is 1. The normalized spacial score (nSPS) is 12.2. The van der Waals surface area contributed by atoms with Crippen LogP contribution in [0.5, 0.6) is 5.75 Å². The molecule has 0 aliphatic carbocycles. The summed E-state index contributed by atoms with van der Waals surface area (Å²) in [6, 6.07) is 3.93. The van der Waals surface area contributed by atoms with Crippen molar-refractivity contribution < 1.29 is 17.9 Å². The van der Waals surface area contributed by atoms with Crippen LogP contribution in [-0.2, 0) is 12.7 Å². The van der Waals surface area contributed by atoms with Crippen molar-refractivity contribution >= 4 is 5.96 Å². The van der Waals surface area contributed by atoms with E-state index < -0.39 is 11.7 Å². The van der Waals surface area contributed by atoms with Crippen LogP contribution >= 0.6 is 0 Å². The predicted octanol–water partition coefficient (Wildman–Crippen LogP) is 3.18. The monoisotopic (exact) mass is 317 g/mol. The minimum Gasteiger partial charge on any atom is -0.497 e. The summed E-state index contributed by atoms with van der Waals surface area (Å²) < 4.78 is 44.1. The maximum absolute atomic E-state index is 13.1. The average Bonchev–Trinajstić information content (AvgIpc) is 2.49. The van der Waals surface area contributed by atoms with Crippen LogP contribution < -0.4 is 15.4 Å². The fraction of sp³-hybridized carbons (Fsp3) is 0.533. The Morgan fingerprint density at radius 3 is 2.55 bits per heavy atom. The molecule has 0 aliphatic heterocycles. The van der Waals surface area contributed by atoms with E-state index in [9.17, 15) is 13.2 Å². The van der Waals surface area contributed by atoms with Crippen LogP contribution in [0.15, 0.2) is 23.2 Å². The Morgan fingerprint density at radius 1 is 1.27 bits per heavy atom. The zero-order chi connectivity index (χ0) is 16.6. The second kappa shape index (κ2) is 8.51. The largest absolute Gasteiger partial charge is 0.497 e. The molecule has 22 heavy (non-hydrogen) atoms. The fourth-order valence-corrected chi connectivity index (χ4v) is 1.88. The predicted molar refractivity (Wildman–Crippen MR) is 81.1 cm³/mol. The molecule has 0 aliphatic rings. The maximum Gasteiger partial charge on any atom is 0.416 e. The highest BCUT2D eigenvalue weighted by Crippen LogP contribution is 2.34. The van der Waals surface area contributed by atoms with Crippen LogP contribution in [0.1, 0.15) is 30.9 Å². The van der Waals surface area contributed by atoms with Crippen molar-refractivity contribution in [2.75, 3.05) is 20.7 Å². The lowest BCUT2D eigenvalue weighted by molar-refractivity contribution is -0.138. The number of guanidine groups is 1. The SMILES string of the molecule is CCCCNC(=NC)NCc1ccc(OC)cc1C(F)(F)F. The van der Waals surface area contributed by atoms with Crippen molar-refractivity contribution in [3.05, 3.63) is 29.3 Å². The minimum atomic E-state index is -4.43. The van der Waals surface area contributed by atoms with Crippen molar-refractivity contribution in [1.82, 2.24) is 10.6 Å². The summed E-state index contributed by atoms with van der Waals surface area (Å²) in [6.45, 7) is 2.82. The Morgan fingerprint density at radius 2 is 2.00 bits per heavy atom. The summed E-state index contributed by atoms with van der Waals surface area (Å²) >= 11 is 0. The molecule has 0 aromatic heterocycles. The van der Waals surface area contributed by atoms with Gasteiger partial charge in [0.25, 0.3) is 0 Å². The number of methoxy groups -OCH3 is 1. The number of hydrogen-bond donors (Lipinski definition) is 2. The number of rotatable bonds is 6. The first kappa shape index (κ1) is 18.1. The van der Waals surface area contributed by atoms with E-state index in [1.54, 1.807) is 7.05 Å². The third-order valence-corrected chi connectivity index (χ3v) is 3.12. The molecule has 1 rings (SSSR count). The van der Waals surface area contributed by atoms with Gasteiger partial charge in [0.05, 0.1) is 12.7 Å². The Balaban J connectivity index is 2.80. The highest BCUT2D eigenvalue weighted by molar-refractivity contribution is 5.79. The van der Waals surface area contributed by atoms with Gasteiger partial charge in [-0.25, -0.2) is 0 Å². The Bertz CT molecular complexity index is 501. The number of benzene rings is 1. The van der Waals surface area contributed by atoms with Gasteiger partial charge in [-0.05, 0) is 24.1 Å². The number of halogens is 3. The minimum absolute atomic E-state index is 0.0324. The second-order valence-corrected chi connectivity index (χ2v) is 4.73. The maximum atomic E-state index is 13.1. The van der Waals surface area contributed by atoms with E-state index >= 15 is 0 Å². The standard InChI is InChI=1S/C15H22F3N3O/c1-4-5-8-20-14(19-2)21-10-11-6-7-12(22-3)9-13(11)15(16,17)18/h6-7,9H,4-5,8,10H2,1-3H3,(H2,19,20,21). The summed E-state index contributed by atoms with van der Waals surface area (Å²) in [7, 11) is 2.92. The van der Waals surface area contributed by atoms with E-state index in [1.165, 1.54) is 19.2 Å². The molecule has 0 radical (unpaired) electrons. The van der Waals surface area contributed by atoms with Gasteiger partial charge in [-0.1, -0.05) is 19.4 Å². The third-order valence-electron chi connectivity index (χ3n) is 3.12. The van der Waals surface area contributed by atoms with Crippen molar-refractivity contribution in [2.45, 2.75) is 32.5 Å². The molecule has 4 nitrogen and oxygen atoms in total. The molecule has 0 fully saturated rings. The van der Waals surface area contributed by atoms with Gasteiger partial charge in [0.15, 0.2) is 5.96 Å². The third kappa shape index (κ3) is 5.46. The van der Waals surface area contributed by atoms with Gasteiger partial charge in [0.2, 0.25) is 0 Å². The smallest absolute Gasteiger partial charge is 0.416 e. The summed E-state index contributed by atoms with van der Waals surface area (Å²) in [4.78, 5) is 3.99. The molecule has 0 saturated heterocycles. The van der Waals surface area contributed by atoms with E-state index in [1.807, 2.05) is 0 Å². The summed E-state index contributed by atoms with van der Waals surface area (Å²) in [6.07, 6.45) is -2.43. The average molecular weight is 317 g/mol. The van der Waals surface area contributed by atoms with Gasteiger partial charge < -0.3 is 15.4 Å². The number of aliphatic imine (C=N–C) groups is 1.